The average Bonchev–Trinajstić information content (AvgIpc) is 2.94. The number of aromatic nitrogens is 2. The van der Waals surface area contributed by atoms with Crippen molar-refractivity contribution >= 4 is 28.3 Å². The van der Waals surface area contributed by atoms with Crippen molar-refractivity contribution in [3.8, 4) is 0 Å². The highest BCUT2D eigenvalue weighted by Crippen LogP contribution is 2.24. The summed E-state index contributed by atoms with van der Waals surface area (Å²) in [7, 11) is 0. The van der Waals surface area contributed by atoms with Crippen LogP contribution in [0.2, 0.25) is 0 Å². The number of carboxylic acid groups (broad SMARTS) is 1. The summed E-state index contributed by atoms with van der Waals surface area (Å²) in [6, 6.07) is 7.38. The Bertz CT molecular complexity index is 801. The number of imidazole rings is 1. The van der Waals surface area contributed by atoms with Gasteiger partial charge in [-0.25, -0.2) is 9.78 Å². The number of para-hydroxylation sites is 1. The predicted octanol–water partition coefficient (Wildman–Crippen LogP) is 3.46. The van der Waals surface area contributed by atoms with Gasteiger partial charge >= 0.3 is 5.97 Å². The fraction of sp³-hybridized carbons (Fsp3) is 0.200. The van der Waals surface area contributed by atoms with E-state index in [9.17, 15) is 9.90 Å². The Kier molecular flexibility index (Phi) is 3.06. The second-order valence-electron chi connectivity index (χ2n) is 4.75. The van der Waals surface area contributed by atoms with E-state index in [0.717, 1.165) is 17.9 Å². The first-order valence-electron chi connectivity index (χ1n) is 6.30. The molecular formula is C15H14N2O2S. The van der Waals surface area contributed by atoms with Gasteiger partial charge in [0.1, 0.15) is 11.3 Å². The zero-order valence-electron chi connectivity index (χ0n) is 11.3. The first kappa shape index (κ1) is 12.9. The number of benzene rings is 1. The van der Waals surface area contributed by atoms with E-state index in [4.69, 9.17) is 0 Å². The van der Waals surface area contributed by atoms with E-state index < -0.39 is 5.97 Å². The average molecular weight is 286 g/mol. The molecule has 0 aliphatic heterocycles. The zero-order chi connectivity index (χ0) is 14.3. The number of aryl methyl sites for hydroxylation is 2. The molecular weight excluding hydrogens is 272 g/mol. The normalized spacial score (nSPS) is 11.1. The smallest absolute Gasteiger partial charge is 0.337 e. The van der Waals surface area contributed by atoms with Crippen molar-refractivity contribution in [1.29, 1.82) is 0 Å². The van der Waals surface area contributed by atoms with Crippen LogP contribution < -0.4 is 0 Å². The maximum Gasteiger partial charge on any atom is 0.337 e. The van der Waals surface area contributed by atoms with Gasteiger partial charge in [-0.3, -0.25) is 0 Å². The van der Waals surface area contributed by atoms with Gasteiger partial charge in [0.15, 0.2) is 0 Å². The molecule has 0 spiro atoms. The minimum atomic E-state index is -0.937. The molecule has 0 saturated carbocycles. The molecule has 0 unspecified atom stereocenters. The van der Waals surface area contributed by atoms with Gasteiger partial charge in [0.25, 0.3) is 0 Å². The maximum absolute atomic E-state index is 11.3. The first-order chi connectivity index (χ1) is 9.58. The molecule has 0 bridgehead atoms. The summed E-state index contributed by atoms with van der Waals surface area (Å²) in [5.41, 5.74) is 2.94. The standard InChI is InChI=1S/C15H14N2O2S/c1-9-6-7-20-13(9)8-17-10(2)16-14-11(15(18)19)4-3-5-12(14)17/h3-7H,8H2,1-2H3,(H,18,19). The van der Waals surface area contributed by atoms with Crippen molar-refractivity contribution in [2.75, 3.05) is 0 Å². The van der Waals surface area contributed by atoms with Crippen LogP contribution in [0.1, 0.15) is 26.6 Å². The molecule has 102 valence electrons. The van der Waals surface area contributed by atoms with Gasteiger partial charge in [-0.2, -0.15) is 0 Å². The molecule has 3 rings (SSSR count). The fourth-order valence-corrected chi connectivity index (χ4v) is 3.24. The van der Waals surface area contributed by atoms with E-state index >= 15 is 0 Å². The largest absolute Gasteiger partial charge is 0.478 e. The summed E-state index contributed by atoms with van der Waals surface area (Å²) < 4.78 is 2.07. The van der Waals surface area contributed by atoms with Gasteiger partial charge in [-0.15, -0.1) is 11.3 Å². The van der Waals surface area contributed by atoms with Crippen LogP contribution in [0, 0.1) is 13.8 Å². The lowest BCUT2D eigenvalue weighted by atomic mass is 10.2. The predicted molar refractivity (Wildman–Crippen MR) is 79.6 cm³/mol. The SMILES string of the molecule is Cc1ccsc1Cn1c(C)nc2c(C(=O)O)cccc21. The summed E-state index contributed by atoms with van der Waals surface area (Å²) in [5, 5.41) is 11.3. The van der Waals surface area contributed by atoms with Crippen LogP contribution in [0.15, 0.2) is 29.6 Å². The highest BCUT2D eigenvalue weighted by Gasteiger charge is 2.15. The number of fused-ring (bicyclic) bond motifs is 1. The van der Waals surface area contributed by atoms with E-state index in [2.05, 4.69) is 27.9 Å². The molecule has 0 saturated heterocycles. The monoisotopic (exact) mass is 286 g/mol. The van der Waals surface area contributed by atoms with Gasteiger partial charge in [0.2, 0.25) is 0 Å². The Morgan fingerprint density at radius 2 is 2.15 bits per heavy atom. The number of thiophene rings is 1. The molecule has 4 nitrogen and oxygen atoms in total. The van der Waals surface area contributed by atoms with Crippen LogP contribution in [0.5, 0.6) is 0 Å². The van der Waals surface area contributed by atoms with E-state index in [0.29, 0.717) is 5.52 Å². The molecule has 2 aromatic heterocycles. The second-order valence-corrected chi connectivity index (χ2v) is 5.75. The Morgan fingerprint density at radius 1 is 1.35 bits per heavy atom. The summed E-state index contributed by atoms with van der Waals surface area (Å²) >= 11 is 1.71. The zero-order valence-corrected chi connectivity index (χ0v) is 12.1. The molecule has 1 aromatic carbocycles. The third kappa shape index (κ3) is 2.00. The molecule has 0 aliphatic carbocycles. The second kappa shape index (κ2) is 4.76. The summed E-state index contributed by atoms with van der Waals surface area (Å²) in [4.78, 5) is 17.0. The molecule has 0 amide bonds. The van der Waals surface area contributed by atoms with E-state index in [1.165, 1.54) is 10.4 Å². The van der Waals surface area contributed by atoms with Crippen LogP contribution in [0.3, 0.4) is 0 Å². The molecule has 0 aliphatic rings. The molecule has 1 N–H and O–H groups in total. The summed E-state index contributed by atoms with van der Waals surface area (Å²) in [6.07, 6.45) is 0. The van der Waals surface area contributed by atoms with E-state index in [1.807, 2.05) is 13.0 Å². The van der Waals surface area contributed by atoms with E-state index in [1.54, 1.807) is 23.5 Å². The minimum Gasteiger partial charge on any atom is -0.478 e. The first-order valence-corrected chi connectivity index (χ1v) is 7.18. The molecule has 0 fully saturated rings. The number of hydrogen-bond donors (Lipinski definition) is 1. The van der Waals surface area contributed by atoms with Gasteiger partial charge < -0.3 is 9.67 Å². The summed E-state index contributed by atoms with van der Waals surface area (Å²) in [6.45, 7) is 4.73. The number of carboxylic acids is 1. The molecule has 20 heavy (non-hydrogen) atoms. The third-order valence-electron chi connectivity index (χ3n) is 3.47. The van der Waals surface area contributed by atoms with Crippen molar-refractivity contribution in [2.45, 2.75) is 20.4 Å². The Labute approximate surface area is 120 Å². The minimum absolute atomic E-state index is 0.257. The van der Waals surface area contributed by atoms with Gasteiger partial charge in [0, 0.05) is 4.88 Å². The maximum atomic E-state index is 11.3. The third-order valence-corrected chi connectivity index (χ3v) is 4.48. The number of carbonyl (C=O) groups is 1. The van der Waals surface area contributed by atoms with Crippen LogP contribution in [-0.4, -0.2) is 20.6 Å². The Morgan fingerprint density at radius 3 is 2.80 bits per heavy atom. The quantitative estimate of drug-likeness (QED) is 0.802. The lowest BCUT2D eigenvalue weighted by molar-refractivity contribution is 0.0699. The van der Waals surface area contributed by atoms with Crippen molar-refractivity contribution < 1.29 is 9.90 Å². The van der Waals surface area contributed by atoms with Crippen molar-refractivity contribution in [3.63, 3.8) is 0 Å². The highest BCUT2D eigenvalue weighted by atomic mass is 32.1. The lowest BCUT2D eigenvalue weighted by Gasteiger charge is -2.06. The molecule has 0 radical (unpaired) electrons. The molecule has 3 aromatic rings. The van der Waals surface area contributed by atoms with Crippen molar-refractivity contribution in [3.05, 3.63) is 51.5 Å². The topological polar surface area (TPSA) is 55.1 Å². The van der Waals surface area contributed by atoms with Crippen LogP contribution >= 0.6 is 11.3 Å². The highest BCUT2D eigenvalue weighted by molar-refractivity contribution is 7.10. The van der Waals surface area contributed by atoms with Crippen LogP contribution in [0.4, 0.5) is 0 Å². The van der Waals surface area contributed by atoms with Gasteiger partial charge in [0.05, 0.1) is 17.6 Å². The van der Waals surface area contributed by atoms with Crippen molar-refractivity contribution in [2.24, 2.45) is 0 Å². The molecule has 2 heterocycles. The van der Waals surface area contributed by atoms with Gasteiger partial charge in [-0.1, -0.05) is 6.07 Å². The number of aromatic carboxylic acids is 1. The number of rotatable bonds is 3. The molecule has 0 atom stereocenters. The van der Waals surface area contributed by atoms with E-state index in [-0.39, 0.29) is 5.56 Å². The van der Waals surface area contributed by atoms with Crippen molar-refractivity contribution in [1.82, 2.24) is 9.55 Å². The lowest BCUT2D eigenvalue weighted by Crippen LogP contribution is -2.02. The molecule has 5 heteroatoms. The fourth-order valence-electron chi connectivity index (χ4n) is 2.34. The Hall–Kier alpha value is -2.14. The Balaban J connectivity index is 2.17. The van der Waals surface area contributed by atoms with Crippen LogP contribution in [-0.2, 0) is 6.54 Å². The number of hydrogen-bond acceptors (Lipinski definition) is 3. The van der Waals surface area contributed by atoms with Gasteiger partial charge in [-0.05, 0) is 43.0 Å². The number of nitrogens with zero attached hydrogens (tertiary/aromatic N) is 2. The van der Waals surface area contributed by atoms with Crippen LogP contribution in [0.25, 0.3) is 11.0 Å². The summed E-state index contributed by atoms with van der Waals surface area (Å²) in [5.74, 6) is -0.103.